The van der Waals surface area contributed by atoms with Crippen molar-refractivity contribution in [3.05, 3.63) is 29.3 Å². The number of benzene rings is 1. The second-order valence-electron chi connectivity index (χ2n) is 5.99. The van der Waals surface area contributed by atoms with E-state index in [0.29, 0.717) is 11.8 Å². The van der Waals surface area contributed by atoms with E-state index in [4.69, 9.17) is 5.73 Å². The maximum absolute atomic E-state index is 12.9. The summed E-state index contributed by atoms with van der Waals surface area (Å²) in [4.78, 5) is 12.1. The Kier molecular flexibility index (Phi) is 3.43. The van der Waals surface area contributed by atoms with Gasteiger partial charge in [0.2, 0.25) is 5.91 Å². The Morgan fingerprint density at radius 2 is 1.90 bits per heavy atom. The molecule has 0 aliphatic heterocycles. The normalized spacial score (nSPS) is 27.3. The van der Waals surface area contributed by atoms with E-state index < -0.39 is 11.7 Å². The molecule has 2 saturated carbocycles. The minimum Gasteiger partial charge on any atom is -0.326 e. The molecule has 1 aromatic rings. The van der Waals surface area contributed by atoms with Gasteiger partial charge in [0, 0.05) is 18.2 Å². The molecule has 0 bridgehead atoms. The molecule has 2 fully saturated rings. The van der Waals surface area contributed by atoms with Crippen molar-refractivity contribution < 1.29 is 18.0 Å². The Labute approximate surface area is 120 Å². The highest BCUT2D eigenvalue weighted by Crippen LogP contribution is 2.54. The molecule has 2 aliphatic carbocycles. The van der Waals surface area contributed by atoms with Crippen LogP contribution in [0.25, 0.3) is 0 Å². The van der Waals surface area contributed by atoms with Crippen LogP contribution in [0.2, 0.25) is 0 Å². The molecule has 0 spiro atoms. The molecule has 1 amide bonds. The smallest absolute Gasteiger partial charge is 0.326 e. The lowest BCUT2D eigenvalue weighted by Crippen LogP contribution is -2.22. The van der Waals surface area contributed by atoms with Crippen LogP contribution in [0.15, 0.2) is 18.2 Å². The number of anilines is 1. The van der Waals surface area contributed by atoms with Gasteiger partial charge in [0.05, 0.1) is 5.56 Å². The van der Waals surface area contributed by atoms with E-state index in [1.807, 2.05) is 0 Å². The number of nitrogens with two attached hydrogens (primary N) is 1. The third kappa shape index (κ3) is 2.90. The lowest BCUT2D eigenvalue weighted by molar-refractivity contribution is -0.138. The number of hydrogen-bond donors (Lipinski definition) is 2. The van der Waals surface area contributed by atoms with E-state index in [-0.39, 0.29) is 29.6 Å². The molecule has 2 atom stereocenters. The summed E-state index contributed by atoms with van der Waals surface area (Å²) >= 11 is 0. The molecule has 114 valence electrons. The molecular formula is C15H17F3N2O. The van der Waals surface area contributed by atoms with E-state index in [9.17, 15) is 18.0 Å². The summed E-state index contributed by atoms with van der Waals surface area (Å²) in [5.74, 6) is 1.09. The first kappa shape index (κ1) is 14.4. The Morgan fingerprint density at radius 3 is 2.48 bits per heavy atom. The van der Waals surface area contributed by atoms with Crippen molar-refractivity contribution in [3.63, 3.8) is 0 Å². The van der Waals surface area contributed by atoms with Crippen molar-refractivity contribution in [3.8, 4) is 0 Å². The van der Waals surface area contributed by atoms with Gasteiger partial charge < -0.3 is 11.1 Å². The van der Waals surface area contributed by atoms with Crippen molar-refractivity contribution in [1.82, 2.24) is 0 Å². The van der Waals surface area contributed by atoms with Crippen LogP contribution in [0.1, 0.15) is 30.4 Å². The SMILES string of the molecule is NCc1ccc(NC(=O)C2CC3CC3C2)cc1C(F)(F)F. The summed E-state index contributed by atoms with van der Waals surface area (Å²) < 4.78 is 38.8. The molecule has 3 N–H and O–H groups in total. The van der Waals surface area contributed by atoms with E-state index in [2.05, 4.69) is 5.32 Å². The highest BCUT2D eigenvalue weighted by molar-refractivity contribution is 5.93. The van der Waals surface area contributed by atoms with Crippen LogP contribution in [0.5, 0.6) is 0 Å². The van der Waals surface area contributed by atoms with Crippen molar-refractivity contribution >= 4 is 11.6 Å². The van der Waals surface area contributed by atoms with Gasteiger partial charge in [0.15, 0.2) is 0 Å². The molecule has 6 heteroatoms. The molecular weight excluding hydrogens is 281 g/mol. The lowest BCUT2D eigenvalue weighted by atomic mass is 10.0. The van der Waals surface area contributed by atoms with Crippen LogP contribution in [0, 0.1) is 17.8 Å². The average Bonchev–Trinajstić information content (AvgIpc) is 3.04. The van der Waals surface area contributed by atoms with E-state index >= 15 is 0 Å². The highest BCUT2D eigenvalue weighted by Gasteiger charge is 2.48. The summed E-state index contributed by atoms with van der Waals surface area (Å²) in [7, 11) is 0. The second-order valence-corrected chi connectivity index (χ2v) is 5.99. The summed E-state index contributed by atoms with van der Waals surface area (Å²) in [5.41, 5.74) is 4.77. The first-order chi connectivity index (χ1) is 9.88. The van der Waals surface area contributed by atoms with Crippen LogP contribution >= 0.6 is 0 Å². The molecule has 2 aliphatic rings. The Hall–Kier alpha value is -1.56. The Morgan fingerprint density at radius 1 is 1.24 bits per heavy atom. The fourth-order valence-corrected chi connectivity index (χ4v) is 3.27. The van der Waals surface area contributed by atoms with Crippen LogP contribution in [-0.4, -0.2) is 5.91 Å². The van der Waals surface area contributed by atoms with E-state index in [0.717, 1.165) is 18.9 Å². The Balaban J connectivity index is 1.74. The summed E-state index contributed by atoms with van der Waals surface area (Å²) in [6.45, 7) is -0.185. The predicted molar refractivity (Wildman–Crippen MR) is 72.3 cm³/mol. The number of halogens is 3. The maximum Gasteiger partial charge on any atom is 0.416 e. The second kappa shape index (κ2) is 5.02. The average molecular weight is 298 g/mol. The van der Waals surface area contributed by atoms with Gasteiger partial charge in [-0.1, -0.05) is 6.07 Å². The minimum atomic E-state index is -4.47. The van der Waals surface area contributed by atoms with Crippen LogP contribution in [0.4, 0.5) is 18.9 Å². The molecule has 2 unspecified atom stereocenters. The van der Waals surface area contributed by atoms with E-state index in [1.54, 1.807) is 0 Å². The zero-order valence-electron chi connectivity index (χ0n) is 11.4. The third-order valence-electron chi connectivity index (χ3n) is 4.52. The number of nitrogens with one attached hydrogen (secondary N) is 1. The highest BCUT2D eigenvalue weighted by atomic mass is 19.4. The molecule has 1 aromatic carbocycles. The molecule has 0 aromatic heterocycles. The molecule has 3 rings (SSSR count). The Bertz CT molecular complexity index is 561. The minimum absolute atomic E-state index is 0.0302. The molecule has 3 nitrogen and oxygen atoms in total. The van der Waals surface area contributed by atoms with Gasteiger partial charge in [-0.2, -0.15) is 13.2 Å². The van der Waals surface area contributed by atoms with Gasteiger partial charge >= 0.3 is 6.18 Å². The summed E-state index contributed by atoms with van der Waals surface area (Å²) in [5, 5.41) is 2.61. The third-order valence-corrected chi connectivity index (χ3v) is 4.52. The first-order valence-electron chi connectivity index (χ1n) is 7.09. The van der Waals surface area contributed by atoms with Crippen molar-refractivity contribution in [2.24, 2.45) is 23.5 Å². The van der Waals surface area contributed by atoms with Gasteiger partial charge in [-0.3, -0.25) is 4.79 Å². The van der Waals surface area contributed by atoms with Crippen LogP contribution in [-0.2, 0) is 17.5 Å². The molecule has 21 heavy (non-hydrogen) atoms. The molecule has 0 heterocycles. The van der Waals surface area contributed by atoms with Crippen molar-refractivity contribution in [2.75, 3.05) is 5.32 Å². The lowest BCUT2D eigenvalue weighted by Gasteiger charge is -2.16. The monoisotopic (exact) mass is 298 g/mol. The summed E-state index contributed by atoms with van der Waals surface area (Å²) in [6, 6.07) is 3.77. The number of hydrogen-bond acceptors (Lipinski definition) is 2. The fraction of sp³-hybridized carbons (Fsp3) is 0.533. The van der Waals surface area contributed by atoms with Crippen molar-refractivity contribution in [1.29, 1.82) is 0 Å². The fourth-order valence-electron chi connectivity index (χ4n) is 3.27. The number of fused-ring (bicyclic) bond motifs is 1. The van der Waals surface area contributed by atoms with Gasteiger partial charge in [-0.05, 0) is 48.8 Å². The van der Waals surface area contributed by atoms with Gasteiger partial charge in [-0.25, -0.2) is 0 Å². The number of rotatable bonds is 3. The summed E-state index contributed by atoms with van der Waals surface area (Å²) in [6.07, 6.45) is -1.54. The quantitative estimate of drug-likeness (QED) is 0.900. The van der Waals surface area contributed by atoms with Gasteiger partial charge in [0.1, 0.15) is 0 Å². The van der Waals surface area contributed by atoms with E-state index in [1.165, 1.54) is 18.6 Å². The maximum atomic E-state index is 12.9. The molecule has 0 saturated heterocycles. The number of carbonyl (C=O) groups is 1. The standard InChI is InChI=1S/C15H17F3N2O/c16-15(17,18)13-6-12(2-1-8(13)7-19)20-14(21)11-4-9-3-10(9)5-11/h1-2,6,9-11H,3-5,7,19H2,(H,20,21). The topological polar surface area (TPSA) is 55.1 Å². The number of alkyl halides is 3. The van der Waals surface area contributed by atoms with Gasteiger partial charge in [0.25, 0.3) is 0 Å². The number of carbonyl (C=O) groups excluding carboxylic acids is 1. The zero-order valence-corrected chi connectivity index (χ0v) is 11.4. The number of amides is 1. The zero-order chi connectivity index (χ0) is 15.2. The van der Waals surface area contributed by atoms with Crippen LogP contribution in [0.3, 0.4) is 0 Å². The van der Waals surface area contributed by atoms with Crippen LogP contribution < -0.4 is 11.1 Å². The van der Waals surface area contributed by atoms with Gasteiger partial charge in [-0.15, -0.1) is 0 Å². The molecule has 0 radical (unpaired) electrons. The van der Waals surface area contributed by atoms with Crippen molar-refractivity contribution in [2.45, 2.75) is 32.0 Å². The first-order valence-corrected chi connectivity index (χ1v) is 7.09. The predicted octanol–water partition coefficient (Wildman–Crippen LogP) is 3.15. The largest absolute Gasteiger partial charge is 0.416 e.